The second-order valence-corrected chi connectivity index (χ2v) is 7.21. The first kappa shape index (κ1) is 16.1. The van der Waals surface area contributed by atoms with E-state index in [1.54, 1.807) is 29.3 Å². The molecule has 1 atom stereocenters. The molecule has 2 aliphatic heterocycles. The first-order chi connectivity index (χ1) is 12.1. The molecule has 0 bridgehead atoms. The second kappa shape index (κ2) is 6.19. The molecule has 1 fully saturated rings. The lowest BCUT2D eigenvalue weighted by atomic mass is 9.89. The van der Waals surface area contributed by atoms with E-state index in [1.807, 2.05) is 24.5 Å². The Hall–Kier alpha value is -2.34. The molecule has 0 saturated carbocycles. The molecule has 1 aromatic carbocycles. The normalized spacial score (nSPS) is 22.0. The van der Waals surface area contributed by atoms with Gasteiger partial charge in [-0.3, -0.25) is 9.59 Å². The molecule has 0 unspecified atom stereocenters. The van der Waals surface area contributed by atoms with E-state index in [2.05, 4.69) is 4.98 Å². The SMILES string of the molecule is CSc1ncccc1C(=O)N1CC[C@]2(CC(=O)c3ccccc3O2)C1. The van der Waals surface area contributed by atoms with Crippen LogP contribution in [-0.2, 0) is 0 Å². The highest BCUT2D eigenvalue weighted by Gasteiger charge is 2.47. The number of likely N-dealkylation sites (tertiary alicyclic amines) is 1. The Morgan fingerprint density at radius 3 is 2.96 bits per heavy atom. The molecule has 0 radical (unpaired) electrons. The van der Waals surface area contributed by atoms with Gasteiger partial charge in [0, 0.05) is 19.2 Å². The second-order valence-electron chi connectivity index (χ2n) is 6.42. The number of aromatic nitrogens is 1. The van der Waals surface area contributed by atoms with E-state index in [0.717, 1.165) is 5.03 Å². The van der Waals surface area contributed by atoms with Crippen LogP contribution in [0, 0.1) is 0 Å². The largest absolute Gasteiger partial charge is 0.484 e. The summed E-state index contributed by atoms with van der Waals surface area (Å²) in [5.74, 6) is 0.658. The summed E-state index contributed by atoms with van der Waals surface area (Å²) in [5.41, 5.74) is 0.632. The van der Waals surface area contributed by atoms with Gasteiger partial charge in [-0.1, -0.05) is 12.1 Å². The highest BCUT2D eigenvalue weighted by molar-refractivity contribution is 7.98. The molecular weight excluding hydrogens is 336 g/mol. The van der Waals surface area contributed by atoms with Crippen molar-refractivity contribution in [3.05, 3.63) is 53.7 Å². The summed E-state index contributed by atoms with van der Waals surface area (Å²) in [6.07, 6.45) is 4.57. The third-order valence-corrected chi connectivity index (χ3v) is 5.51. The van der Waals surface area contributed by atoms with Crippen molar-refractivity contribution in [3.8, 4) is 5.75 Å². The zero-order valence-corrected chi connectivity index (χ0v) is 14.7. The average molecular weight is 354 g/mol. The molecule has 3 heterocycles. The lowest BCUT2D eigenvalue weighted by Crippen LogP contribution is -2.45. The number of benzene rings is 1. The number of rotatable bonds is 2. The number of thioether (sulfide) groups is 1. The Bertz CT molecular complexity index is 854. The lowest BCUT2D eigenvalue weighted by molar-refractivity contribution is 0.0427. The number of ketones is 1. The van der Waals surface area contributed by atoms with E-state index in [1.165, 1.54) is 11.8 Å². The first-order valence-electron chi connectivity index (χ1n) is 8.21. The monoisotopic (exact) mass is 354 g/mol. The molecular formula is C19H18N2O3S. The van der Waals surface area contributed by atoms with E-state index in [0.29, 0.717) is 42.8 Å². The Morgan fingerprint density at radius 1 is 1.28 bits per heavy atom. The number of hydrogen-bond donors (Lipinski definition) is 0. The fraction of sp³-hybridized carbons (Fsp3) is 0.316. The summed E-state index contributed by atoms with van der Waals surface area (Å²) in [5, 5.41) is 0.722. The van der Waals surface area contributed by atoms with Crippen molar-refractivity contribution < 1.29 is 14.3 Å². The smallest absolute Gasteiger partial charge is 0.256 e. The van der Waals surface area contributed by atoms with E-state index >= 15 is 0 Å². The van der Waals surface area contributed by atoms with Gasteiger partial charge in [0.15, 0.2) is 5.78 Å². The van der Waals surface area contributed by atoms with Crippen LogP contribution in [0.4, 0.5) is 0 Å². The van der Waals surface area contributed by atoms with Crippen molar-refractivity contribution in [2.75, 3.05) is 19.3 Å². The summed E-state index contributed by atoms with van der Waals surface area (Å²) in [4.78, 5) is 31.5. The van der Waals surface area contributed by atoms with Crippen LogP contribution >= 0.6 is 11.8 Å². The maximum atomic E-state index is 12.9. The third-order valence-electron chi connectivity index (χ3n) is 4.80. The van der Waals surface area contributed by atoms with Crippen molar-refractivity contribution in [1.82, 2.24) is 9.88 Å². The number of fused-ring (bicyclic) bond motifs is 1. The highest BCUT2D eigenvalue weighted by atomic mass is 32.2. The van der Waals surface area contributed by atoms with Gasteiger partial charge in [-0.25, -0.2) is 4.98 Å². The molecule has 1 amide bonds. The number of hydrogen-bond acceptors (Lipinski definition) is 5. The van der Waals surface area contributed by atoms with Crippen molar-refractivity contribution >= 4 is 23.5 Å². The van der Waals surface area contributed by atoms with Gasteiger partial charge in [0.1, 0.15) is 16.4 Å². The highest BCUT2D eigenvalue weighted by Crippen LogP contribution is 2.39. The number of ether oxygens (including phenoxy) is 1. The Balaban J connectivity index is 1.58. The van der Waals surface area contributed by atoms with Crippen molar-refractivity contribution in [2.24, 2.45) is 0 Å². The van der Waals surface area contributed by atoms with Crippen LogP contribution in [0.5, 0.6) is 5.75 Å². The molecule has 128 valence electrons. The summed E-state index contributed by atoms with van der Waals surface area (Å²) in [7, 11) is 0. The molecule has 0 N–H and O–H groups in total. The molecule has 6 heteroatoms. The molecule has 2 aromatic rings. The van der Waals surface area contributed by atoms with Gasteiger partial charge < -0.3 is 9.64 Å². The van der Waals surface area contributed by atoms with E-state index in [-0.39, 0.29) is 11.7 Å². The van der Waals surface area contributed by atoms with Crippen molar-refractivity contribution in [3.63, 3.8) is 0 Å². The molecule has 25 heavy (non-hydrogen) atoms. The zero-order chi connectivity index (χ0) is 17.4. The fourth-order valence-electron chi connectivity index (χ4n) is 3.58. The van der Waals surface area contributed by atoms with Crippen LogP contribution in [0.1, 0.15) is 33.6 Å². The first-order valence-corrected chi connectivity index (χ1v) is 9.44. The summed E-state index contributed by atoms with van der Waals surface area (Å²) in [6, 6.07) is 10.9. The predicted octanol–water partition coefficient (Wildman–Crippen LogP) is 3.05. The van der Waals surface area contributed by atoms with Crippen LogP contribution in [-0.4, -0.2) is 46.5 Å². The minimum absolute atomic E-state index is 0.0516. The molecule has 4 rings (SSSR count). The quantitative estimate of drug-likeness (QED) is 0.776. The minimum Gasteiger partial charge on any atom is -0.484 e. The maximum Gasteiger partial charge on any atom is 0.256 e. The Labute approximate surface area is 150 Å². The van der Waals surface area contributed by atoms with Gasteiger partial charge in [-0.15, -0.1) is 11.8 Å². The lowest BCUT2D eigenvalue weighted by Gasteiger charge is -2.34. The van der Waals surface area contributed by atoms with Gasteiger partial charge in [0.05, 0.1) is 24.1 Å². The third kappa shape index (κ3) is 2.80. The van der Waals surface area contributed by atoms with Crippen LogP contribution in [0.15, 0.2) is 47.6 Å². The van der Waals surface area contributed by atoms with Crippen molar-refractivity contribution in [2.45, 2.75) is 23.5 Å². The molecule has 2 aliphatic rings. The van der Waals surface area contributed by atoms with Crippen LogP contribution in [0.2, 0.25) is 0 Å². The zero-order valence-electron chi connectivity index (χ0n) is 13.9. The van der Waals surface area contributed by atoms with Crippen LogP contribution in [0.3, 0.4) is 0 Å². The number of amides is 1. The summed E-state index contributed by atoms with van der Waals surface area (Å²) in [6.45, 7) is 1.01. The Morgan fingerprint density at radius 2 is 2.12 bits per heavy atom. The van der Waals surface area contributed by atoms with Gasteiger partial charge in [-0.2, -0.15) is 0 Å². The molecule has 1 spiro atoms. The number of nitrogens with zero attached hydrogens (tertiary/aromatic N) is 2. The van der Waals surface area contributed by atoms with E-state index < -0.39 is 5.60 Å². The molecule has 5 nitrogen and oxygen atoms in total. The molecule has 1 aromatic heterocycles. The number of carbonyl (C=O) groups excluding carboxylic acids is 2. The number of pyridine rings is 1. The number of Topliss-reactive ketones (excluding diaryl/α,β-unsaturated/α-hetero) is 1. The van der Waals surface area contributed by atoms with Gasteiger partial charge in [0.2, 0.25) is 0 Å². The molecule has 1 saturated heterocycles. The summed E-state index contributed by atoms with van der Waals surface area (Å²) >= 11 is 1.46. The average Bonchev–Trinajstić information content (AvgIpc) is 3.04. The van der Waals surface area contributed by atoms with E-state index in [4.69, 9.17) is 4.74 Å². The molecule has 0 aliphatic carbocycles. The van der Waals surface area contributed by atoms with Crippen LogP contribution < -0.4 is 4.74 Å². The predicted molar refractivity (Wildman–Crippen MR) is 95.3 cm³/mol. The Kier molecular flexibility index (Phi) is 4.00. The topological polar surface area (TPSA) is 59.5 Å². The van der Waals surface area contributed by atoms with Crippen molar-refractivity contribution in [1.29, 1.82) is 0 Å². The summed E-state index contributed by atoms with van der Waals surface area (Å²) < 4.78 is 6.19. The van der Waals surface area contributed by atoms with Gasteiger partial charge in [0.25, 0.3) is 5.91 Å². The number of carbonyl (C=O) groups is 2. The number of para-hydroxylation sites is 1. The standard InChI is InChI=1S/C19H18N2O3S/c1-25-17-14(6-4-9-20-17)18(23)21-10-8-19(12-21)11-15(22)13-5-2-3-7-16(13)24-19/h2-7,9H,8,10-12H2,1H3/t19-/m0/s1. The maximum absolute atomic E-state index is 12.9. The van der Waals surface area contributed by atoms with Crippen LogP contribution in [0.25, 0.3) is 0 Å². The van der Waals surface area contributed by atoms with Gasteiger partial charge >= 0.3 is 0 Å². The minimum atomic E-state index is -0.608. The van der Waals surface area contributed by atoms with E-state index in [9.17, 15) is 9.59 Å². The fourth-order valence-corrected chi connectivity index (χ4v) is 4.12. The van der Waals surface area contributed by atoms with Gasteiger partial charge in [-0.05, 0) is 30.5 Å².